The first-order valence-corrected chi connectivity index (χ1v) is 10.4. The van der Waals surface area contributed by atoms with E-state index >= 15 is 0 Å². The summed E-state index contributed by atoms with van der Waals surface area (Å²) in [5.74, 6) is 0.457. The SMILES string of the molecule is CN(Cc1ccsc1)C(=O)CSc1nnc(NCc2ccccc2)s1. The number of benzene rings is 1. The number of hydrogen-bond acceptors (Lipinski definition) is 7. The molecule has 0 atom stereocenters. The first-order valence-electron chi connectivity index (χ1n) is 7.70. The molecule has 2 heterocycles. The molecule has 1 aromatic carbocycles. The van der Waals surface area contributed by atoms with Crippen LogP contribution in [0.2, 0.25) is 0 Å². The highest BCUT2D eigenvalue weighted by Crippen LogP contribution is 2.26. The van der Waals surface area contributed by atoms with Crippen LogP contribution in [0.4, 0.5) is 5.13 Å². The minimum absolute atomic E-state index is 0.0881. The van der Waals surface area contributed by atoms with Crippen LogP contribution in [0.5, 0.6) is 0 Å². The molecule has 0 aliphatic rings. The number of anilines is 1. The van der Waals surface area contributed by atoms with E-state index in [2.05, 4.69) is 33.0 Å². The lowest BCUT2D eigenvalue weighted by molar-refractivity contribution is -0.127. The van der Waals surface area contributed by atoms with Crippen molar-refractivity contribution in [3.8, 4) is 0 Å². The molecule has 5 nitrogen and oxygen atoms in total. The van der Waals surface area contributed by atoms with E-state index in [4.69, 9.17) is 0 Å². The van der Waals surface area contributed by atoms with Crippen molar-refractivity contribution in [1.82, 2.24) is 15.1 Å². The summed E-state index contributed by atoms with van der Waals surface area (Å²) in [4.78, 5) is 14.0. The van der Waals surface area contributed by atoms with Crippen LogP contribution >= 0.6 is 34.4 Å². The number of hydrogen-bond donors (Lipinski definition) is 1. The molecule has 130 valence electrons. The number of carbonyl (C=O) groups is 1. The van der Waals surface area contributed by atoms with Crippen LogP contribution in [0.1, 0.15) is 11.1 Å². The molecule has 0 saturated carbocycles. The van der Waals surface area contributed by atoms with Crippen LogP contribution in [-0.2, 0) is 17.9 Å². The normalized spacial score (nSPS) is 10.6. The second-order valence-corrected chi connectivity index (χ2v) is 8.36. The Bertz CT molecular complexity index is 789. The predicted molar refractivity (Wildman–Crippen MR) is 105 cm³/mol. The number of rotatable bonds is 8. The molecule has 0 saturated heterocycles. The van der Waals surface area contributed by atoms with E-state index in [0.717, 1.165) is 15.0 Å². The number of nitrogens with one attached hydrogen (secondary N) is 1. The summed E-state index contributed by atoms with van der Waals surface area (Å²) in [5.41, 5.74) is 2.35. The third kappa shape index (κ3) is 5.55. The third-order valence-electron chi connectivity index (χ3n) is 3.44. The molecular formula is C17H18N4OS3. The van der Waals surface area contributed by atoms with E-state index in [1.165, 1.54) is 28.7 Å². The van der Waals surface area contributed by atoms with Gasteiger partial charge in [-0.05, 0) is 28.0 Å². The van der Waals surface area contributed by atoms with Crippen LogP contribution in [0.15, 0.2) is 51.5 Å². The van der Waals surface area contributed by atoms with Crippen LogP contribution in [0.3, 0.4) is 0 Å². The van der Waals surface area contributed by atoms with Gasteiger partial charge in [-0.25, -0.2) is 0 Å². The molecule has 25 heavy (non-hydrogen) atoms. The molecule has 1 amide bonds. The van der Waals surface area contributed by atoms with Crippen molar-refractivity contribution in [3.05, 3.63) is 58.3 Å². The summed E-state index contributed by atoms with van der Waals surface area (Å²) in [6, 6.07) is 12.2. The molecule has 0 unspecified atom stereocenters. The number of thiophene rings is 1. The zero-order chi connectivity index (χ0) is 17.5. The topological polar surface area (TPSA) is 58.1 Å². The summed E-state index contributed by atoms with van der Waals surface area (Å²) < 4.78 is 0.799. The van der Waals surface area contributed by atoms with Crippen molar-refractivity contribution in [2.45, 2.75) is 17.4 Å². The Balaban J connectivity index is 1.44. The monoisotopic (exact) mass is 390 g/mol. The molecule has 2 aromatic heterocycles. The fourth-order valence-electron chi connectivity index (χ4n) is 2.09. The lowest BCUT2D eigenvalue weighted by Crippen LogP contribution is -2.27. The van der Waals surface area contributed by atoms with Crippen LogP contribution in [-0.4, -0.2) is 33.8 Å². The standard InChI is InChI=1S/C17H18N4OS3/c1-21(10-14-7-8-23-11-14)15(22)12-24-17-20-19-16(25-17)18-9-13-5-3-2-4-6-13/h2-8,11H,9-10,12H2,1H3,(H,18,19). The van der Waals surface area contributed by atoms with Gasteiger partial charge in [0.1, 0.15) is 0 Å². The summed E-state index contributed by atoms with van der Waals surface area (Å²) >= 11 is 4.54. The smallest absolute Gasteiger partial charge is 0.233 e. The van der Waals surface area contributed by atoms with E-state index < -0.39 is 0 Å². The first kappa shape index (κ1) is 17.9. The summed E-state index contributed by atoms with van der Waals surface area (Å²) in [7, 11) is 1.83. The molecule has 0 fully saturated rings. The quantitative estimate of drug-likeness (QED) is 0.590. The van der Waals surface area contributed by atoms with Gasteiger partial charge in [0.15, 0.2) is 4.34 Å². The highest BCUT2D eigenvalue weighted by Gasteiger charge is 2.12. The second-order valence-electron chi connectivity index (χ2n) is 5.38. The van der Waals surface area contributed by atoms with Crippen molar-refractivity contribution in [2.24, 2.45) is 0 Å². The Morgan fingerprint density at radius 2 is 2.04 bits per heavy atom. The maximum atomic E-state index is 12.2. The molecule has 0 spiro atoms. The molecule has 0 bridgehead atoms. The van der Waals surface area contributed by atoms with E-state index in [1.54, 1.807) is 16.2 Å². The molecule has 3 aromatic rings. The van der Waals surface area contributed by atoms with Gasteiger partial charge in [0.05, 0.1) is 5.75 Å². The van der Waals surface area contributed by atoms with Crippen LogP contribution in [0.25, 0.3) is 0 Å². The Kier molecular flexibility index (Phi) is 6.43. The van der Waals surface area contributed by atoms with E-state index in [0.29, 0.717) is 18.8 Å². The number of aromatic nitrogens is 2. The van der Waals surface area contributed by atoms with Crippen molar-refractivity contribution in [2.75, 3.05) is 18.1 Å². The van der Waals surface area contributed by atoms with Crippen molar-refractivity contribution < 1.29 is 4.79 Å². The molecule has 8 heteroatoms. The first-order chi connectivity index (χ1) is 12.2. The highest BCUT2D eigenvalue weighted by atomic mass is 32.2. The van der Waals surface area contributed by atoms with E-state index in [-0.39, 0.29) is 5.91 Å². The van der Waals surface area contributed by atoms with Gasteiger partial charge >= 0.3 is 0 Å². The number of nitrogens with zero attached hydrogens (tertiary/aromatic N) is 3. The lowest BCUT2D eigenvalue weighted by atomic mass is 10.2. The highest BCUT2D eigenvalue weighted by molar-refractivity contribution is 8.01. The summed E-state index contributed by atoms with van der Waals surface area (Å²) in [6.45, 7) is 1.35. The molecule has 0 aliphatic heterocycles. The van der Waals surface area contributed by atoms with Gasteiger partial charge in [0.2, 0.25) is 11.0 Å². The van der Waals surface area contributed by atoms with Gasteiger partial charge in [-0.15, -0.1) is 10.2 Å². The lowest BCUT2D eigenvalue weighted by Gasteiger charge is -2.15. The van der Waals surface area contributed by atoms with Crippen molar-refractivity contribution in [3.63, 3.8) is 0 Å². The average Bonchev–Trinajstić information content (AvgIpc) is 3.30. The minimum atomic E-state index is 0.0881. The number of thioether (sulfide) groups is 1. The van der Waals surface area contributed by atoms with Gasteiger partial charge in [-0.1, -0.05) is 53.4 Å². The molecule has 0 radical (unpaired) electrons. The second kappa shape index (κ2) is 8.98. The van der Waals surface area contributed by atoms with Gasteiger partial charge < -0.3 is 10.2 Å². The summed E-state index contributed by atoms with van der Waals surface area (Å²) in [6.07, 6.45) is 0. The summed E-state index contributed by atoms with van der Waals surface area (Å²) in [5, 5.41) is 16.4. The van der Waals surface area contributed by atoms with Gasteiger partial charge in [0, 0.05) is 20.1 Å². The van der Waals surface area contributed by atoms with Crippen molar-refractivity contribution in [1.29, 1.82) is 0 Å². The maximum Gasteiger partial charge on any atom is 0.233 e. The third-order valence-corrected chi connectivity index (χ3v) is 6.17. The van der Waals surface area contributed by atoms with Gasteiger partial charge in [-0.3, -0.25) is 4.79 Å². The molecule has 1 N–H and O–H groups in total. The number of amides is 1. The predicted octanol–water partition coefficient (Wildman–Crippen LogP) is 3.96. The van der Waals surface area contributed by atoms with Gasteiger partial charge in [0.25, 0.3) is 0 Å². The minimum Gasteiger partial charge on any atom is -0.356 e. The average molecular weight is 391 g/mol. The zero-order valence-corrected chi connectivity index (χ0v) is 16.2. The van der Waals surface area contributed by atoms with Crippen LogP contribution in [0, 0.1) is 0 Å². The largest absolute Gasteiger partial charge is 0.356 e. The zero-order valence-electron chi connectivity index (χ0n) is 13.7. The molecular weight excluding hydrogens is 372 g/mol. The Hall–Kier alpha value is -1.90. The Labute approximate surface area is 159 Å². The fraction of sp³-hybridized carbons (Fsp3) is 0.235. The molecule has 3 rings (SSSR count). The van der Waals surface area contributed by atoms with Crippen LogP contribution < -0.4 is 5.32 Å². The fourth-order valence-corrected chi connectivity index (χ4v) is 4.44. The number of carbonyl (C=O) groups excluding carboxylic acids is 1. The Morgan fingerprint density at radius 3 is 2.80 bits per heavy atom. The molecule has 0 aliphatic carbocycles. The maximum absolute atomic E-state index is 12.2. The Morgan fingerprint density at radius 1 is 1.20 bits per heavy atom. The van der Waals surface area contributed by atoms with Gasteiger partial charge in [-0.2, -0.15) is 11.3 Å². The van der Waals surface area contributed by atoms with Crippen molar-refractivity contribution >= 4 is 45.5 Å². The van der Waals surface area contributed by atoms with E-state index in [1.807, 2.05) is 36.7 Å². The van der Waals surface area contributed by atoms with E-state index in [9.17, 15) is 4.79 Å².